The van der Waals surface area contributed by atoms with Gasteiger partial charge in [-0.2, -0.15) is 0 Å². The number of aromatic hydroxyl groups is 1. The van der Waals surface area contributed by atoms with Gasteiger partial charge in [0.25, 0.3) is 5.91 Å². The Morgan fingerprint density at radius 1 is 1.18 bits per heavy atom. The molecule has 142 valence electrons. The van der Waals surface area contributed by atoms with Crippen molar-refractivity contribution in [2.75, 3.05) is 7.11 Å². The molecule has 0 spiro atoms. The van der Waals surface area contributed by atoms with E-state index in [2.05, 4.69) is 15.0 Å². The number of nitrogens with one attached hydrogen (secondary N) is 1. The van der Waals surface area contributed by atoms with E-state index < -0.39 is 17.7 Å². The average Bonchev–Trinajstić information content (AvgIpc) is 3.00. The summed E-state index contributed by atoms with van der Waals surface area (Å²) in [6.07, 6.45) is 1.65. The molecule has 0 saturated carbocycles. The summed E-state index contributed by atoms with van der Waals surface area (Å²) >= 11 is 1.10. The summed E-state index contributed by atoms with van der Waals surface area (Å²) < 4.78 is 4.64. The monoisotopic (exact) mass is 398 g/mol. The first kappa shape index (κ1) is 19.2. The fraction of sp³-hybridized carbons (Fsp3) is 0.0526. The SMILES string of the molecule is COC(=O)c1ccc(/C=C2\SC(=Nc3ccc(C(=O)O)c(O)c3)NC2=O)cc1. The number of aliphatic imine (C=N–C) groups is 1. The lowest BCUT2D eigenvalue weighted by atomic mass is 10.1. The quantitative estimate of drug-likeness (QED) is 0.534. The van der Waals surface area contributed by atoms with Crippen molar-refractivity contribution >= 4 is 46.5 Å². The van der Waals surface area contributed by atoms with Gasteiger partial charge in [0.1, 0.15) is 11.3 Å². The molecule has 1 aliphatic heterocycles. The summed E-state index contributed by atoms with van der Waals surface area (Å²) in [6.45, 7) is 0. The maximum atomic E-state index is 12.1. The van der Waals surface area contributed by atoms with E-state index in [-0.39, 0.29) is 11.5 Å². The van der Waals surface area contributed by atoms with Crippen molar-refractivity contribution in [1.29, 1.82) is 0 Å². The minimum Gasteiger partial charge on any atom is -0.507 e. The summed E-state index contributed by atoms with van der Waals surface area (Å²) in [5, 5.41) is 21.5. The number of carbonyl (C=O) groups is 3. The first-order chi connectivity index (χ1) is 13.4. The summed E-state index contributed by atoms with van der Waals surface area (Å²) in [7, 11) is 1.30. The number of aromatic carboxylic acids is 1. The highest BCUT2D eigenvalue weighted by Crippen LogP contribution is 2.30. The number of phenols is 1. The molecule has 0 aliphatic carbocycles. The molecule has 0 atom stereocenters. The van der Waals surface area contributed by atoms with Gasteiger partial charge in [-0.05, 0) is 47.7 Å². The van der Waals surface area contributed by atoms with Gasteiger partial charge in [-0.15, -0.1) is 0 Å². The third-order valence-corrected chi connectivity index (χ3v) is 4.63. The summed E-state index contributed by atoms with van der Waals surface area (Å²) in [6, 6.07) is 10.4. The first-order valence-corrected chi connectivity index (χ1v) is 8.73. The number of rotatable bonds is 4. The number of ether oxygens (including phenoxy) is 1. The number of esters is 1. The summed E-state index contributed by atoms with van der Waals surface area (Å²) in [5.41, 5.74) is 1.19. The fourth-order valence-electron chi connectivity index (χ4n) is 2.35. The second-order valence-corrected chi connectivity index (χ2v) is 6.63. The number of amidine groups is 1. The maximum absolute atomic E-state index is 12.1. The first-order valence-electron chi connectivity index (χ1n) is 7.91. The van der Waals surface area contributed by atoms with E-state index in [0.717, 1.165) is 17.3 Å². The van der Waals surface area contributed by atoms with Gasteiger partial charge in [0.05, 0.1) is 23.3 Å². The van der Waals surface area contributed by atoms with Crippen LogP contribution >= 0.6 is 11.8 Å². The number of carboxylic acids is 1. The molecular formula is C19H14N2O6S. The largest absolute Gasteiger partial charge is 0.507 e. The average molecular weight is 398 g/mol. The highest BCUT2D eigenvalue weighted by molar-refractivity contribution is 8.18. The molecule has 1 fully saturated rings. The number of hydrogen-bond donors (Lipinski definition) is 3. The highest BCUT2D eigenvalue weighted by atomic mass is 32.2. The molecule has 9 heteroatoms. The topological polar surface area (TPSA) is 125 Å². The van der Waals surface area contributed by atoms with E-state index in [4.69, 9.17) is 5.11 Å². The Morgan fingerprint density at radius 3 is 2.50 bits per heavy atom. The van der Waals surface area contributed by atoms with Crippen molar-refractivity contribution in [3.8, 4) is 5.75 Å². The second kappa shape index (κ2) is 7.97. The van der Waals surface area contributed by atoms with Crippen LogP contribution in [-0.4, -0.2) is 40.3 Å². The van der Waals surface area contributed by atoms with Crippen molar-refractivity contribution in [1.82, 2.24) is 5.32 Å². The Labute approximate surface area is 163 Å². The molecule has 1 amide bonds. The van der Waals surface area contributed by atoms with Crippen molar-refractivity contribution in [3.63, 3.8) is 0 Å². The van der Waals surface area contributed by atoms with E-state index in [1.165, 1.54) is 25.3 Å². The standard InChI is InChI=1S/C19H14N2O6S/c1-27-18(26)11-4-2-10(3-5-11)8-15-16(23)21-19(28-15)20-12-6-7-13(17(24)25)14(22)9-12/h2-9,22H,1H3,(H,24,25)(H,20,21,23)/b15-8-. The number of methoxy groups -OCH3 is 1. The lowest BCUT2D eigenvalue weighted by Crippen LogP contribution is -2.19. The van der Waals surface area contributed by atoms with Crippen molar-refractivity contribution in [2.45, 2.75) is 0 Å². The zero-order chi connectivity index (χ0) is 20.3. The normalized spacial score (nSPS) is 16.2. The Balaban J connectivity index is 1.78. The lowest BCUT2D eigenvalue weighted by Gasteiger charge is -2.01. The van der Waals surface area contributed by atoms with Crippen LogP contribution < -0.4 is 5.32 Å². The predicted octanol–water partition coefficient (Wildman–Crippen LogP) is 2.77. The molecule has 3 rings (SSSR count). The van der Waals surface area contributed by atoms with Crippen LogP contribution in [0.4, 0.5) is 5.69 Å². The van der Waals surface area contributed by atoms with Crippen LogP contribution in [0.5, 0.6) is 5.75 Å². The van der Waals surface area contributed by atoms with E-state index in [1.54, 1.807) is 30.3 Å². The molecule has 1 saturated heterocycles. The van der Waals surface area contributed by atoms with Gasteiger partial charge in [-0.1, -0.05) is 12.1 Å². The number of benzene rings is 2. The number of amides is 1. The molecule has 0 aromatic heterocycles. The molecule has 2 aromatic carbocycles. The third kappa shape index (κ3) is 4.21. The highest BCUT2D eigenvalue weighted by Gasteiger charge is 2.24. The van der Waals surface area contributed by atoms with Crippen LogP contribution in [0.3, 0.4) is 0 Å². The smallest absolute Gasteiger partial charge is 0.339 e. The number of carbonyl (C=O) groups excluding carboxylic acids is 2. The number of carboxylic acid groups (broad SMARTS) is 1. The van der Waals surface area contributed by atoms with Crippen molar-refractivity contribution in [2.24, 2.45) is 4.99 Å². The third-order valence-electron chi connectivity index (χ3n) is 3.72. The van der Waals surface area contributed by atoms with E-state index >= 15 is 0 Å². The van der Waals surface area contributed by atoms with Gasteiger partial charge in [0, 0.05) is 6.07 Å². The minimum atomic E-state index is -1.25. The van der Waals surface area contributed by atoms with Crippen LogP contribution in [0.15, 0.2) is 52.4 Å². The van der Waals surface area contributed by atoms with Gasteiger partial charge in [-0.25, -0.2) is 14.6 Å². The molecule has 3 N–H and O–H groups in total. The molecule has 1 heterocycles. The zero-order valence-electron chi connectivity index (χ0n) is 14.5. The molecule has 2 aromatic rings. The Bertz CT molecular complexity index is 1030. The van der Waals surface area contributed by atoms with Crippen LogP contribution in [0.1, 0.15) is 26.3 Å². The minimum absolute atomic E-state index is 0.233. The van der Waals surface area contributed by atoms with E-state index in [1.807, 2.05) is 0 Å². The van der Waals surface area contributed by atoms with E-state index in [9.17, 15) is 19.5 Å². The predicted molar refractivity (Wildman–Crippen MR) is 104 cm³/mol. The molecule has 0 bridgehead atoms. The fourth-order valence-corrected chi connectivity index (χ4v) is 3.19. The van der Waals surface area contributed by atoms with Gasteiger partial charge in [0.15, 0.2) is 5.17 Å². The Kier molecular flexibility index (Phi) is 5.46. The van der Waals surface area contributed by atoms with Crippen LogP contribution in [0, 0.1) is 0 Å². The van der Waals surface area contributed by atoms with Crippen molar-refractivity contribution in [3.05, 3.63) is 64.1 Å². The molecule has 8 nitrogen and oxygen atoms in total. The van der Waals surface area contributed by atoms with Gasteiger partial charge in [-0.3, -0.25) is 4.79 Å². The Hall–Kier alpha value is -3.59. The zero-order valence-corrected chi connectivity index (χ0v) is 15.3. The summed E-state index contributed by atoms with van der Waals surface area (Å²) in [4.78, 5) is 39.1. The number of nitrogens with zero attached hydrogens (tertiary/aromatic N) is 1. The molecule has 28 heavy (non-hydrogen) atoms. The van der Waals surface area contributed by atoms with Gasteiger partial charge >= 0.3 is 11.9 Å². The van der Waals surface area contributed by atoms with Crippen LogP contribution in [-0.2, 0) is 9.53 Å². The maximum Gasteiger partial charge on any atom is 0.339 e. The molecule has 0 unspecified atom stereocenters. The van der Waals surface area contributed by atoms with Crippen LogP contribution in [0.25, 0.3) is 6.08 Å². The number of hydrogen-bond acceptors (Lipinski definition) is 7. The van der Waals surface area contributed by atoms with E-state index in [0.29, 0.717) is 21.3 Å². The lowest BCUT2D eigenvalue weighted by molar-refractivity contribution is -0.115. The van der Waals surface area contributed by atoms with Gasteiger partial charge in [0.2, 0.25) is 0 Å². The van der Waals surface area contributed by atoms with Gasteiger partial charge < -0.3 is 20.3 Å². The summed E-state index contributed by atoms with van der Waals surface area (Å²) in [5.74, 6) is -2.44. The molecule has 0 radical (unpaired) electrons. The second-order valence-electron chi connectivity index (χ2n) is 5.60. The Morgan fingerprint density at radius 2 is 1.89 bits per heavy atom. The van der Waals surface area contributed by atoms with Crippen LogP contribution in [0.2, 0.25) is 0 Å². The molecule has 1 aliphatic rings. The molecular weight excluding hydrogens is 384 g/mol. The number of thioether (sulfide) groups is 1. The van der Waals surface area contributed by atoms with Crippen molar-refractivity contribution < 1.29 is 29.3 Å².